The van der Waals surface area contributed by atoms with Gasteiger partial charge in [0.1, 0.15) is 11.5 Å². The number of rotatable bonds is 17. The Morgan fingerprint density at radius 1 is 0.882 bits per heavy atom. The largest absolute Gasteiger partial charge is 0.494 e. The number of H-pyrrole nitrogens is 2. The zero-order valence-corrected chi connectivity index (χ0v) is 21.7. The molecule has 0 unspecified atom stereocenters. The quantitative estimate of drug-likeness (QED) is 0.227. The summed E-state index contributed by atoms with van der Waals surface area (Å²) in [5.41, 5.74) is 6.80. The van der Waals surface area contributed by atoms with Crippen LogP contribution < -0.4 is 0 Å². The number of unbranched alkanes of at least 4 members (excludes halogenated alkanes) is 10. The van der Waals surface area contributed by atoms with E-state index in [0.717, 1.165) is 35.7 Å². The van der Waals surface area contributed by atoms with Crippen LogP contribution in [-0.4, -0.2) is 22.8 Å². The van der Waals surface area contributed by atoms with Crippen molar-refractivity contribution in [2.75, 3.05) is 7.11 Å². The summed E-state index contributed by atoms with van der Waals surface area (Å²) in [6.07, 6.45) is 24.3. The Hall–Kier alpha value is -2.49. The van der Waals surface area contributed by atoms with Gasteiger partial charge in [0.15, 0.2) is 0 Å². The number of aliphatic imine (C=N–C) groups is 1. The summed E-state index contributed by atoms with van der Waals surface area (Å²) in [7, 11) is 1.72. The van der Waals surface area contributed by atoms with Crippen molar-refractivity contribution in [1.82, 2.24) is 9.97 Å². The highest BCUT2D eigenvalue weighted by molar-refractivity contribution is 6.11. The number of aromatic amines is 2. The zero-order chi connectivity index (χ0) is 24.0. The molecule has 0 saturated carbocycles. The van der Waals surface area contributed by atoms with Crippen LogP contribution in [0, 0.1) is 0 Å². The molecule has 4 heteroatoms. The van der Waals surface area contributed by atoms with Crippen LogP contribution in [0.15, 0.2) is 46.9 Å². The number of allylic oxidation sites excluding steroid dienone is 1. The van der Waals surface area contributed by atoms with E-state index in [-0.39, 0.29) is 0 Å². The topological polar surface area (TPSA) is 53.2 Å². The summed E-state index contributed by atoms with van der Waals surface area (Å²) in [6.45, 7) is 4.56. The lowest BCUT2D eigenvalue weighted by molar-refractivity contribution is 0.303. The molecule has 0 atom stereocenters. The van der Waals surface area contributed by atoms with E-state index < -0.39 is 0 Å². The van der Waals surface area contributed by atoms with Crippen molar-refractivity contribution >= 4 is 11.8 Å². The van der Waals surface area contributed by atoms with E-state index >= 15 is 0 Å². The van der Waals surface area contributed by atoms with Crippen LogP contribution in [0.4, 0.5) is 0 Å². The van der Waals surface area contributed by atoms with Gasteiger partial charge in [-0.15, -0.1) is 0 Å². The summed E-state index contributed by atoms with van der Waals surface area (Å²) < 4.78 is 5.67. The summed E-state index contributed by atoms with van der Waals surface area (Å²) in [5.74, 6) is 0.821. The average molecular weight is 464 g/mol. The molecule has 2 aromatic rings. The molecule has 0 amide bonds. The number of ether oxygens (including phenoxy) is 1. The van der Waals surface area contributed by atoms with Gasteiger partial charge in [0.05, 0.1) is 18.5 Å². The van der Waals surface area contributed by atoms with Crippen LogP contribution in [0.5, 0.6) is 0 Å². The third kappa shape index (κ3) is 8.07. The van der Waals surface area contributed by atoms with Gasteiger partial charge < -0.3 is 14.7 Å². The Balaban J connectivity index is 1.70. The van der Waals surface area contributed by atoms with E-state index in [1.54, 1.807) is 7.11 Å². The Morgan fingerprint density at radius 3 is 2.21 bits per heavy atom. The molecule has 0 spiro atoms. The molecule has 3 heterocycles. The highest BCUT2D eigenvalue weighted by Crippen LogP contribution is 2.27. The summed E-state index contributed by atoms with van der Waals surface area (Å²) in [5, 5.41) is 0. The molecule has 186 valence electrons. The van der Waals surface area contributed by atoms with Gasteiger partial charge in [-0.2, -0.15) is 0 Å². The van der Waals surface area contributed by atoms with Crippen molar-refractivity contribution in [2.45, 2.75) is 104 Å². The number of nitrogens with one attached hydrogen (secondary N) is 2. The molecule has 3 rings (SSSR count). The first-order valence-corrected chi connectivity index (χ1v) is 13.7. The molecule has 2 aromatic heterocycles. The van der Waals surface area contributed by atoms with Crippen LogP contribution >= 0.6 is 0 Å². The van der Waals surface area contributed by atoms with E-state index in [2.05, 4.69) is 36.0 Å². The Kier molecular flexibility index (Phi) is 11.3. The number of hydrogen-bond acceptors (Lipinski definition) is 2. The molecule has 0 aliphatic carbocycles. The Labute approximate surface area is 207 Å². The molecule has 0 radical (unpaired) electrons. The fourth-order valence-electron chi connectivity index (χ4n) is 4.69. The molecule has 0 saturated heterocycles. The van der Waals surface area contributed by atoms with Gasteiger partial charge in [-0.1, -0.05) is 78.1 Å². The smallest absolute Gasteiger partial charge is 0.146 e. The van der Waals surface area contributed by atoms with Gasteiger partial charge in [0, 0.05) is 23.7 Å². The Morgan fingerprint density at radius 2 is 1.56 bits per heavy atom. The van der Waals surface area contributed by atoms with Gasteiger partial charge in [-0.3, -0.25) is 0 Å². The van der Waals surface area contributed by atoms with Crippen molar-refractivity contribution < 1.29 is 4.74 Å². The lowest BCUT2D eigenvalue weighted by atomic mass is 10.0. The molecule has 1 aliphatic heterocycles. The van der Waals surface area contributed by atoms with E-state index in [1.165, 1.54) is 94.0 Å². The van der Waals surface area contributed by atoms with Crippen molar-refractivity contribution in [1.29, 1.82) is 0 Å². The summed E-state index contributed by atoms with van der Waals surface area (Å²) >= 11 is 0. The minimum absolute atomic E-state index is 0.821. The van der Waals surface area contributed by atoms with Crippen LogP contribution in [-0.2, 0) is 17.6 Å². The van der Waals surface area contributed by atoms with Crippen LogP contribution in [0.25, 0.3) is 6.08 Å². The molecule has 2 N–H and O–H groups in total. The molecule has 0 fully saturated rings. The third-order valence-corrected chi connectivity index (χ3v) is 6.73. The van der Waals surface area contributed by atoms with E-state index in [1.807, 2.05) is 24.4 Å². The maximum atomic E-state index is 5.67. The van der Waals surface area contributed by atoms with E-state index in [0.29, 0.717) is 0 Å². The van der Waals surface area contributed by atoms with Crippen LogP contribution in [0.2, 0.25) is 0 Å². The summed E-state index contributed by atoms with van der Waals surface area (Å²) in [4.78, 5) is 11.8. The number of nitrogens with zero attached hydrogens (tertiary/aromatic N) is 1. The molecule has 0 aromatic carbocycles. The molecular formula is C30H45N3O. The summed E-state index contributed by atoms with van der Waals surface area (Å²) in [6, 6.07) is 6.45. The lowest BCUT2D eigenvalue weighted by Crippen LogP contribution is -1.93. The molecule has 34 heavy (non-hydrogen) atoms. The van der Waals surface area contributed by atoms with Gasteiger partial charge in [-0.05, 0) is 55.5 Å². The minimum atomic E-state index is 0.821. The first kappa shape index (κ1) is 26.1. The second kappa shape index (κ2) is 14.7. The number of hydrogen-bond donors (Lipinski definition) is 2. The zero-order valence-electron chi connectivity index (χ0n) is 21.7. The average Bonchev–Trinajstić information content (AvgIpc) is 3.59. The predicted molar refractivity (Wildman–Crippen MR) is 145 cm³/mol. The van der Waals surface area contributed by atoms with Gasteiger partial charge in [0.2, 0.25) is 0 Å². The fourth-order valence-corrected chi connectivity index (χ4v) is 4.69. The number of aromatic nitrogens is 2. The lowest BCUT2D eigenvalue weighted by Gasteiger charge is -2.04. The molecular weight excluding hydrogens is 418 g/mol. The molecule has 1 aliphatic rings. The SMILES string of the molecule is CCCCCCCCc1cc(CCCCCCCC)c(/C=C2\N=C(c3ccc[nH]3)C=C2OC)[nH]1. The first-order chi connectivity index (χ1) is 16.7. The second-order valence-electron chi connectivity index (χ2n) is 9.59. The van der Waals surface area contributed by atoms with Crippen LogP contribution in [0.1, 0.15) is 114 Å². The normalized spacial score (nSPS) is 14.6. The third-order valence-electron chi connectivity index (χ3n) is 6.73. The van der Waals surface area contributed by atoms with Gasteiger partial charge >= 0.3 is 0 Å². The number of methoxy groups -OCH3 is 1. The minimum Gasteiger partial charge on any atom is -0.494 e. The van der Waals surface area contributed by atoms with Gasteiger partial charge in [0.25, 0.3) is 0 Å². The van der Waals surface area contributed by atoms with E-state index in [9.17, 15) is 0 Å². The Bertz CT molecular complexity index is 930. The van der Waals surface area contributed by atoms with Crippen molar-refractivity contribution in [3.63, 3.8) is 0 Å². The fraction of sp³-hybridized carbons (Fsp3) is 0.567. The maximum Gasteiger partial charge on any atom is 0.146 e. The van der Waals surface area contributed by atoms with Crippen molar-refractivity contribution in [2.24, 2.45) is 4.99 Å². The monoisotopic (exact) mass is 463 g/mol. The van der Waals surface area contributed by atoms with Crippen molar-refractivity contribution in [3.8, 4) is 0 Å². The molecule has 4 nitrogen and oxygen atoms in total. The predicted octanol–water partition coefficient (Wildman–Crippen LogP) is 8.52. The van der Waals surface area contributed by atoms with E-state index in [4.69, 9.17) is 9.73 Å². The highest BCUT2D eigenvalue weighted by atomic mass is 16.5. The van der Waals surface area contributed by atoms with Crippen LogP contribution in [0.3, 0.4) is 0 Å². The molecule has 0 bridgehead atoms. The number of aryl methyl sites for hydroxylation is 2. The maximum absolute atomic E-state index is 5.67. The second-order valence-corrected chi connectivity index (χ2v) is 9.59. The highest BCUT2D eigenvalue weighted by Gasteiger charge is 2.18. The van der Waals surface area contributed by atoms with Crippen molar-refractivity contribution in [3.05, 3.63) is 64.6 Å². The van der Waals surface area contributed by atoms with Gasteiger partial charge in [-0.25, -0.2) is 4.99 Å². The first-order valence-electron chi connectivity index (χ1n) is 13.7. The standard InChI is InChI=1S/C30H45N3O/c1-4-6-8-10-12-14-17-24-21-25(18-15-13-11-9-7-5-2)32-27(24)22-29-30(34-3)23-28(33-29)26-19-16-20-31-26/h16,19-23,31-32H,4-15,17-18H2,1-3H3/b29-22-.